The second-order valence-electron chi connectivity index (χ2n) is 4.19. The number of carbonyl (C=O) groups excluding carboxylic acids is 1. The number of hydrogen-bond donors (Lipinski definition) is 0. The highest BCUT2D eigenvalue weighted by molar-refractivity contribution is 5.92. The maximum absolute atomic E-state index is 12.7. The van der Waals surface area contributed by atoms with Gasteiger partial charge in [-0.15, -0.1) is 0 Å². The zero-order valence-electron chi connectivity index (χ0n) is 11.4. The summed E-state index contributed by atoms with van der Waals surface area (Å²) in [6.07, 6.45) is -3.21. The van der Waals surface area contributed by atoms with Gasteiger partial charge in [-0.05, 0) is 31.0 Å². The second kappa shape index (κ2) is 7.17. The summed E-state index contributed by atoms with van der Waals surface area (Å²) in [5, 5.41) is 0. The number of carbonyl (C=O) groups is 1. The average Bonchev–Trinajstić information content (AvgIpc) is 2.41. The minimum absolute atomic E-state index is 0.0138. The normalized spacial score (nSPS) is 11.2. The summed E-state index contributed by atoms with van der Waals surface area (Å²) >= 11 is 0. The predicted octanol–water partition coefficient (Wildman–Crippen LogP) is 4.06. The molecule has 0 aliphatic heterocycles. The molecule has 0 saturated heterocycles. The molecule has 0 saturated carbocycles. The van der Waals surface area contributed by atoms with Crippen molar-refractivity contribution in [2.45, 2.75) is 32.9 Å². The van der Waals surface area contributed by atoms with Gasteiger partial charge in [-0.2, -0.15) is 13.2 Å². The van der Waals surface area contributed by atoms with Crippen LogP contribution >= 0.6 is 0 Å². The fourth-order valence-corrected chi connectivity index (χ4v) is 1.47. The van der Waals surface area contributed by atoms with Gasteiger partial charge in [0.2, 0.25) is 0 Å². The summed E-state index contributed by atoms with van der Waals surface area (Å²) in [6, 6.07) is 2.77. The number of rotatable bonds is 6. The van der Waals surface area contributed by atoms with Crippen molar-refractivity contribution in [3.63, 3.8) is 0 Å². The highest BCUT2D eigenvalue weighted by Gasteiger charge is 2.32. The van der Waals surface area contributed by atoms with E-state index in [-0.39, 0.29) is 24.5 Å². The molecule has 20 heavy (non-hydrogen) atoms. The van der Waals surface area contributed by atoms with Crippen molar-refractivity contribution in [2.24, 2.45) is 0 Å². The third-order valence-electron chi connectivity index (χ3n) is 2.43. The van der Waals surface area contributed by atoms with E-state index in [1.54, 1.807) is 0 Å². The SMILES string of the molecule is CCCOC(=O)c1ccc(C(F)(F)F)cc1OCCC. The van der Waals surface area contributed by atoms with Crippen LogP contribution in [-0.4, -0.2) is 19.2 Å². The first-order chi connectivity index (χ1) is 9.40. The molecule has 0 aromatic heterocycles. The van der Waals surface area contributed by atoms with Gasteiger partial charge in [0.05, 0.1) is 18.8 Å². The maximum atomic E-state index is 12.7. The molecule has 0 fully saturated rings. The molecule has 1 aromatic rings. The molecular weight excluding hydrogens is 273 g/mol. The summed E-state index contributed by atoms with van der Waals surface area (Å²) in [5.41, 5.74) is -0.837. The van der Waals surface area contributed by atoms with Crippen LogP contribution in [-0.2, 0) is 10.9 Å². The molecule has 1 rings (SSSR count). The van der Waals surface area contributed by atoms with Crippen LogP contribution in [0.25, 0.3) is 0 Å². The first-order valence-corrected chi connectivity index (χ1v) is 6.41. The Morgan fingerprint density at radius 3 is 2.35 bits per heavy atom. The van der Waals surface area contributed by atoms with Gasteiger partial charge in [0, 0.05) is 0 Å². The van der Waals surface area contributed by atoms with E-state index < -0.39 is 17.7 Å². The number of alkyl halides is 3. The van der Waals surface area contributed by atoms with E-state index in [0.29, 0.717) is 12.8 Å². The fraction of sp³-hybridized carbons (Fsp3) is 0.500. The van der Waals surface area contributed by atoms with Crippen molar-refractivity contribution < 1.29 is 27.4 Å². The lowest BCUT2D eigenvalue weighted by molar-refractivity contribution is -0.137. The lowest BCUT2D eigenvalue weighted by Crippen LogP contribution is -2.12. The zero-order valence-corrected chi connectivity index (χ0v) is 11.4. The average molecular weight is 290 g/mol. The first kappa shape index (κ1) is 16.3. The number of halogens is 3. The first-order valence-electron chi connectivity index (χ1n) is 6.41. The second-order valence-corrected chi connectivity index (χ2v) is 4.19. The van der Waals surface area contributed by atoms with Crippen LogP contribution in [0, 0.1) is 0 Å². The molecule has 1 aromatic carbocycles. The van der Waals surface area contributed by atoms with Crippen molar-refractivity contribution in [3.05, 3.63) is 29.3 Å². The summed E-state index contributed by atoms with van der Waals surface area (Å²) in [6.45, 7) is 4.10. The zero-order chi connectivity index (χ0) is 15.2. The topological polar surface area (TPSA) is 35.5 Å². The predicted molar refractivity (Wildman–Crippen MR) is 67.8 cm³/mol. The largest absolute Gasteiger partial charge is 0.493 e. The molecule has 112 valence electrons. The maximum Gasteiger partial charge on any atom is 0.416 e. The van der Waals surface area contributed by atoms with Crippen molar-refractivity contribution in [2.75, 3.05) is 13.2 Å². The Hall–Kier alpha value is -1.72. The molecule has 0 unspecified atom stereocenters. The van der Waals surface area contributed by atoms with E-state index in [2.05, 4.69) is 0 Å². The Morgan fingerprint density at radius 1 is 1.15 bits per heavy atom. The Balaban J connectivity index is 3.06. The van der Waals surface area contributed by atoms with E-state index in [4.69, 9.17) is 9.47 Å². The highest BCUT2D eigenvalue weighted by atomic mass is 19.4. The van der Waals surface area contributed by atoms with E-state index in [9.17, 15) is 18.0 Å². The summed E-state index contributed by atoms with van der Waals surface area (Å²) in [5.74, 6) is -0.769. The number of hydrogen-bond acceptors (Lipinski definition) is 3. The molecular formula is C14H17F3O3. The van der Waals surface area contributed by atoms with Crippen LogP contribution in [0.15, 0.2) is 18.2 Å². The standard InChI is InChI=1S/C14H17F3O3/c1-3-7-19-12-9-10(14(15,16)17)5-6-11(12)13(18)20-8-4-2/h5-6,9H,3-4,7-8H2,1-2H3. The Bertz CT molecular complexity index is 455. The number of ether oxygens (including phenoxy) is 2. The summed E-state index contributed by atoms with van der Waals surface area (Å²) in [7, 11) is 0. The van der Waals surface area contributed by atoms with E-state index in [1.165, 1.54) is 0 Å². The van der Waals surface area contributed by atoms with Gasteiger partial charge >= 0.3 is 12.1 Å². The number of esters is 1. The lowest BCUT2D eigenvalue weighted by atomic mass is 10.1. The molecule has 0 aliphatic carbocycles. The van der Waals surface area contributed by atoms with Gasteiger partial charge < -0.3 is 9.47 Å². The quantitative estimate of drug-likeness (QED) is 0.741. The molecule has 0 bridgehead atoms. The number of benzene rings is 1. The smallest absolute Gasteiger partial charge is 0.416 e. The highest BCUT2D eigenvalue weighted by Crippen LogP contribution is 2.33. The van der Waals surface area contributed by atoms with Crippen LogP contribution in [0.5, 0.6) is 5.75 Å². The van der Waals surface area contributed by atoms with Crippen LogP contribution in [0.3, 0.4) is 0 Å². The van der Waals surface area contributed by atoms with Gasteiger partial charge in [-0.1, -0.05) is 13.8 Å². The van der Waals surface area contributed by atoms with Crippen molar-refractivity contribution in [1.29, 1.82) is 0 Å². The Morgan fingerprint density at radius 2 is 1.80 bits per heavy atom. The van der Waals surface area contributed by atoms with Gasteiger partial charge in [0.25, 0.3) is 0 Å². The van der Waals surface area contributed by atoms with Crippen molar-refractivity contribution >= 4 is 5.97 Å². The van der Waals surface area contributed by atoms with Crippen LogP contribution in [0.4, 0.5) is 13.2 Å². The van der Waals surface area contributed by atoms with Gasteiger partial charge in [0.15, 0.2) is 0 Å². The van der Waals surface area contributed by atoms with Crippen molar-refractivity contribution in [1.82, 2.24) is 0 Å². The Labute approximate surface area is 115 Å². The monoisotopic (exact) mass is 290 g/mol. The third-order valence-corrected chi connectivity index (χ3v) is 2.43. The molecule has 6 heteroatoms. The molecule has 0 radical (unpaired) electrons. The molecule has 0 amide bonds. The van der Waals surface area contributed by atoms with Gasteiger partial charge in [-0.3, -0.25) is 0 Å². The Kier molecular flexibility index (Phi) is 5.85. The summed E-state index contributed by atoms with van der Waals surface area (Å²) in [4.78, 5) is 11.8. The molecule has 0 aliphatic rings. The third kappa shape index (κ3) is 4.43. The van der Waals surface area contributed by atoms with Gasteiger partial charge in [-0.25, -0.2) is 4.79 Å². The molecule has 0 N–H and O–H groups in total. The fourth-order valence-electron chi connectivity index (χ4n) is 1.47. The molecule has 0 heterocycles. The summed E-state index contributed by atoms with van der Waals surface area (Å²) < 4.78 is 48.1. The van der Waals surface area contributed by atoms with E-state index in [1.807, 2.05) is 13.8 Å². The molecule has 3 nitrogen and oxygen atoms in total. The lowest BCUT2D eigenvalue weighted by Gasteiger charge is -2.13. The molecule has 0 atom stereocenters. The van der Waals surface area contributed by atoms with Crippen LogP contribution in [0.1, 0.15) is 42.6 Å². The van der Waals surface area contributed by atoms with Crippen molar-refractivity contribution in [3.8, 4) is 5.75 Å². The van der Waals surface area contributed by atoms with Gasteiger partial charge in [0.1, 0.15) is 11.3 Å². The van der Waals surface area contributed by atoms with Crippen LogP contribution < -0.4 is 4.74 Å². The minimum Gasteiger partial charge on any atom is -0.493 e. The molecule has 0 spiro atoms. The minimum atomic E-state index is -4.48. The van der Waals surface area contributed by atoms with E-state index >= 15 is 0 Å². The van der Waals surface area contributed by atoms with E-state index in [0.717, 1.165) is 18.2 Å². The van der Waals surface area contributed by atoms with Crippen LogP contribution in [0.2, 0.25) is 0 Å².